The van der Waals surface area contributed by atoms with E-state index in [-0.39, 0.29) is 12.0 Å². The molecular formula is C42H26N2O2. The molecular weight excluding hydrogens is 564 g/mol. The van der Waals surface area contributed by atoms with Crippen molar-refractivity contribution >= 4 is 77.1 Å². The molecule has 0 bridgehead atoms. The van der Waals surface area contributed by atoms with Crippen LogP contribution in [0.2, 0.25) is 0 Å². The Bertz CT molecular complexity index is 2790. The smallest absolute Gasteiger partial charge is 0.137 e. The molecule has 1 aliphatic heterocycles. The fourth-order valence-electron chi connectivity index (χ4n) is 8.09. The minimum Gasteiger partial charge on any atom is -0.456 e. The van der Waals surface area contributed by atoms with Gasteiger partial charge in [0.25, 0.3) is 0 Å². The minimum absolute atomic E-state index is 0.181. The van der Waals surface area contributed by atoms with Crippen LogP contribution in [-0.2, 0) is 0 Å². The van der Waals surface area contributed by atoms with E-state index in [1.807, 2.05) is 24.3 Å². The molecule has 0 fully saturated rings. The number of allylic oxidation sites excluding steroid dienone is 2. The number of rotatable bonds is 2. The molecule has 0 spiro atoms. The molecule has 0 radical (unpaired) electrons. The number of nitrogens with zero attached hydrogens (tertiary/aromatic N) is 2. The molecule has 46 heavy (non-hydrogen) atoms. The predicted molar refractivity (Wildman–Crippen MR) is 189 cm³/mol. The van der Waals surface area contributed by atoms with Crippen LogP contribution in [0, 0.1) is 0 Å². The van der Waals surface area contributed by atoms with Crippen LogP contribution in [0.15, 0.2) is 154 Å². The van der Waals surface area contributed by atoms with Crippen LogP contribution >= 0.6 is 0 Å². The maximum absolute atomic E-state index is 6.35. The molecule has 0 saturated heterocycles. The molecule has 2 aliphatic rings. The summed E-state index contributed by atoms with van der Waals surface area (Å²) in [5, 5.41) is 7.08. The zero-order valence-corrected chi connectivity index (χ0v) is 24.7. The normalized spacial score (nSPS) is 17.3. The van der Waals surface area contributed by atoms with Crippen molar-refractivity contribution in [3.05, 3.63) is 151 Å². The molecule has 2 atom stereocenters. The third-order valence-corrected chi connectivity index (χ3v) is 10.1. The van der Waals surface area contributed by atoms with Crippen molar-refractivity contribution in [1.29, 1.82) is 0 Å². The first-order valence-corrected chi connectivity index (χ1v) is 15.8. The van der Waals surface area contributed by atoms with E-state index in [0.29, 0.717) is 0 Å². The molecule has 0 saturated carbocycles. The summed E-state index contributed by atoms with van der Waals surface area (Å²) in [6, 6.07) is 43.6. The molecule has 1 aliphatic carbocycles. The third kappa shape index (κ3) is 3.18. The second kappa shape index (κ2) is 8.80. The van der Waals surface area contributed by atoms with Gasteiger partial charge in [-0.1, -0.05) is 78.9 Å². The van der Waals surface area contributed by atoms with Crippen molar-refractivity contribution in [3.63, 3.8) is 0 Å². The number of anilines is 2. The van der Waals surface area contributed by atoms with Crippen molar-refractivity contribution < 1.29 is 8.83 Å². The zero-order valence-electron chi connectivity index (χ0n) is 24.7. The second-order valence-electron chi connectivity index (χ2n) is 12.5. The monoisotopic (exact) mass is 590 g/mol. The Balaban J connectivity index is 1.17. The average molecular weight is 591 g/mol. The summed E-state index contributed by atoms with van der Waals surface area (Å²) in [5.74, 6) is 0.254. The van der Waals surface area contributed by atoms with Crippen LogP contribution in [0.5, 0.6) is 0 Å². The first kappa shape index (κ1) is 24.3. The molecule has 4 heteroatoms. The molecule has 2 unspecified atom stereocenters. The maximum atomic E-state index is 6.35. The van der Waals surface area contributed by atoms with Gasteiger partial charge in [-0.15, -0.1) is 0 Å². The predicted octanol–water partition coefficient (Wildman–Crippen LogP) is 11.3. The van der Waals surface area contributed by atoms with Gasteiger partial charge in [-0.2, -0.15) is 0 Å². The number of para-hydroxylation sites is 3. The van der Waals surface area contributed by atoms with E-state index in [1.54, 1.807) is 0 Å². The quantitative estimate of drug-likeness (QED) is 0.201. The molecule has 9 aromatic rings. The molecule has 4 heterocycles. The van der Waals surface area contributed by atoms with Gasteiger partial charge in [0.2, 0.25) is 0 Å². The first-order valence-electron chi connectivity index (χ1n) is 15.8. The summed E-state index contributed by atoms with van der Waals surface area (Å²) in [7, 11) is 0. The fourth-order valence-corrected chi connectivity index (χ4v) is 8.09. The van der Waals surface area contributed by atoms with Crippen LogP contribution < -0.4 is 4.90 Å². The van der Waals surface area contributed by atoms with E-state index in [2.05, 4.69) is 131 Å². The Kier molecular flexibility index (Phi) is 4.66. The van der Waals surface area contributed by atoms with Crippen molar-refractivity contribution in [2.45, 2.75) is 12.0 Å². The number of hydrogen-bond acceptors (Lipinski definition) is 3. The zero-order chi connectivity index (χ0) is 29.9. The van der Waals surface area contributed by atoms with E-state index >= 15 is 0 Å². The van der Waals surface area contributed by atoms with Crippen LogP contribution in [0.1, 0.15) is 11.5 Å². The van der Waals surface area contributed by atoms with Gasteiger partial charge in [-0.05, 0) is 60.2 Å². The van der Waals surface area contributed by atoms with Crippen LogP contribution in [-0.4, -0.2) is 10.6 Å². The Labute approximate surface area is 263 Å². The van der Waals surface area contributed by atoms with Gasteiger partial charge in [0.1, 0.15) is 22.3 Å². The molecule has 3 aromatic heterocycles. The van der Waals surface area contributed by atoms with Crippen molar-refractivity contribution in [2.75, 3.05) is 4.90 Å². The second-order valence-corrected chi connectivity index (χ2v) is 12.5. The minimum atomic E-state index is 0.181. The van der Waals surface area contributed by atoms with Crippen LogP contribution in [0.4, 0.5) is 11.4 Å². The highest BCUT2D eigenvalue weighted by atomic mass is 16.3. The number of fused-ring (bicyclic) bond motifs is 12. The van der Waals surface area contributed by atoms with Crippen molar-refractivity contribution in [1.82, 2.24) is 4.57 Å². The van der Waals surface area contributed by atoms with Gasteiger partial charge in [0.05, 0.1) is 17.1 Å². The molecule has 6 aromatic carbocycles. The summed E-state index contributed by atoms with van der Waals surface area (Å²) in [6.07, 6.45) is 9.05. The summed E-state index contributed by atoms with van der Waals surface area (Å²) in [4.78, 5) is 2.50. The lowest BCUT2D eigenvalue weighted by atomic mass is 9.90. The maximum Gasteiger partial charge on any atom is 0.137 e. The first-order chi connectivity index (χ1) is 22.8. The lowest BCUT2D eigenvalue weighted by Crippen LogP contribution is -2.28. The molecule has 216 valence electrons. The van der Waals surface area contributed by atoms with E-state index < -0.39 is 0 Å². The standard InChI is InChI=1S/C42H26N2O2/c1-5-13-35-27(9-1)33-23-34-28-10-2-6-14-36(28)44(26-18-20-32-30-12-4-8-16-40(30)46-42(32)22-26)38(34)24-37(33)43(35)25-17-19-31-29-11-3-7-15-39(29)45-41(31)21-25/h1-24,27,35H. The van der Waals surface area contributed by atoms with Gasteiger partial charge < -0.3 is 18.3 Å². The Hall–Kier alpha value is -6.00. The molecule has 0 amide bonds. The third-order valence-electron chi connectivity index (χ3n) is 10.1. The Morgan fingerprint density at radius 2 is 1.07 bits per heavy atom. The number of benzene rings is 6. The SMILES string of the molecule is C1=CC2c3cc4c5ccccc5n(-c5ccc6c(c5)oc5ccccc56)c4cc3N(c3ccc4c(c3)oc3ccccc34)C2C=C1. The van der Waals surface area contributed by atoms with Gasteiger partial charge >= 0.3 is 0 Å². The van der Waals surface area contributed by atoms with E-state index in [4.69, 9.17) is 8.83 Å². The van der Waals surface area contributed by atoms with Crippen molar-refractivity contribution in [2.24, 2.45) is 0 Å². The van der Waals surface area contributed by atoms with Crippen LogP contribution in [0.25, 0.3) is 71.4 Å². The number of furan rings is 2. The lowest BCUT2D eigenvalue weighted by molar-refractivity contribution is 0.668. The van der Waals surface area contributed by atoms with Crippen LogP contribution in [0.3, 0.4) is 0 Å². The summed E-state index contributed by atoms with van der Waals surface area (Å²) < 4.78 is 15.1. The highest BCUT2D eigenvalue weighted by Crippen LogP contribution is 2.51. The molecule has 11 rings (SSSR count). The Morgan fingerprint density at radius 3 is 1.83 bits per heavy atom. The highest BCUT2D eigenvalue weighted by Gasteiger charge is 2.38. The largest absolute Gasteiger partial charge is 0.456 e. The van der Waals surface area contributed by atoms with Crippen molar-refractivity contribution in [3.8, 4) is 5.69 Å². The number of aromatic nitrogens is 1. The number of hydrogen-bond donors (Lipinski definition) is 0. The van der Waals surface area contributed by atoms with E-state index in [0.717, 1.165) is 55.3 Å². The van der Waals surface area contributed by atoms with Gasteiger partial charge in [0.15, 0.2) is 0 Å². The average Bonchev–Trinajstić information content (AvgIpc) is 3.84. The summed E-state index contributed by atoms with van der Waals surface area (Å²) in [6.45, 7) is 0. The summed E-state index contributed by atoms with van der Waals surface area (Å²) in [5.41, 5.74) is 10.8. The molecule has 0 N–H and O–H groups in total. The van der Waals surface area contributed by atoms with Gasteiger partial charge in [-0.25, -0.2) is 0 Å². The van der Waals surface area contributed by atoms with Gasteiger partial charge in [-0.3, -0.25) is 0 Å². The summed E-state index contributed by atoms with van der Waals surface area (Å²) >= 11 is 0. The molecule has 4 nitrogen and oxygen atoms in total. The highest BCUT2D eigenvalue weighted by molar-refractivity contribution is 6.12. The Morgan fingerprint density at radius 1 is 0.457 bits per heavy atom. The topological polar surface area (TPSA) is 34.5 Å². The van der Waals surface area contributed by atoms with E-state index in [1.165, 1.54) is 33.1 Å². The fraction of sp³-hybridized carbons (Fsp3) is 0.0476. The van der Waals surface area contributed by atoms with Gasteiger partial charge in [0, 0.05) is 67.4 Å². The lowest BCUT2D eigenvalue weighted by Gasteiger charge is -2.28. The van der Waals surface area contributed by atoms with E-state index in [9.17, 15) is 0 Å².